The molecule has 0 saturated heterocycles. The molecule has 1 aliphatic heterocycles. The van der Waals surface area contributed by atoms with Gasteiger partial charge >= 0.3 is 5.97 Å². The molecule has 0 saturated carbocycles. The van der Waals surface area contributed by atoms with Crippen molar-refractivity contribution < 1.29 is 19.0 Å². The fourth-order valence-corrected chi connectivity index (χ4v) is 3.36. The zero-order valence-electron chi connectivity index (χ0n) is 12.3. The van der Waals surface area contributed by atoms with Gasteiger partial charge in [0.1, 0.15) is 11.5 Å². The van der Waals surface area contributed by atoms with Crippen LogP contribution in [0.1, 0.15) is 10.4 Å². The van der Waals surface area contributed by atoms with Crippen molar-refractivity contribution in [2.24, 2.45) is 4.99 Å². The van der Waals surface area contributed by atoms with E-state index in [-0.39, 0.29) is 11.6 Å². The number of cyclic esters (lactones) is 1. The first-order valence-corrected chi connectivity index (χ1v) is 8.21. The number of hydrogen-bond acceptors (Lipinski definition) is 6. The van der Waals surface area contributed by atoms with Crippen LogP contribution in [0.3, 0.4) is 0 Å². The Bertz CT molecular complexity index is 803. The molecule has 1 aromatic heterocycles. The van der Waals surface area contributed by atoms with Crippen LogP contribution in [0, 0.1) is 0 Å². The highest BCUT2D eigenvalue weighted by molar-refractivity contribution is 9.11. The predicted molar refractivity (Wildman–Crippen MR) is 92.2 cm³/mol. The van der Waals surface area contributed by atoms with Crippen molar-refractivity contribution in [2.75, 3.05) is 14.2 Å². The van der Waals surface area contributed by atoms with Crippen molar-refractivity contribution in [3.8, 4) is 11.5 Å². The van der Waals surface area contributed by atoms with Gasteiger partial charge in [-0.2, -0.15) is 0 Å². The Morgan fingerprint density at radius 2 is 1.87 bits per heavy atom. The average Bonchev–Trinajstić information content (AvgIpc) is 3.13. The minimum atomic E-state index is -0.480. The number of halogens is 1. The van der Waals surface area contributed by atoms with Gasteiger partial charge in [0.05, 0.1) is 18.0 Å². The van der Waals surface area contributed by atoms with Crippen molar-refractivity contribution >= 4 is 45.2 Å². The van der Waals surface area contributed by atoms with E-state index in [0.717, 1.165) is 8.66 Å². The van der Waals surface area contributed by atoms with E-state index in [9.17, 15) is 4.79 Å². The Kier molecular flexibility index (Phi) is 4.49. The van der Waals surface area contributed by atoms with Crippen LogP contribution in [0.4, 0.5) is 0 Å². The molecular formula is C16H12BrNO4S. The predicted octanol–water partition coefficient (Wildman–Crippen LogP) is 3.87. The number of methoxy groups -OCH3 is 2. The molecule has 0 amide bonds. The van der Waals surface area contributed by atoms with E-state index in [4.69, 9.17) is 14.2 Å². The van der Waals surface area contributed by atoms with Crippen LogP contribution >= 0.6 is 27.3 Å². The standard InChI is InChI=1S/C16H12BrNO4S/c1-20-10-5-9(6-11(7-10)21-2)15-18-13(16(19)22-15)8-12-3-4-14(17)23-12/h3-8H,1-2H3/b13-8-. The molecule has 2 heterocycles. The molecule has 2 aromatic rings. The van der Waals surface area contributed by atoms with Gasteiger partial charge in [0, 0.05) is 16.5 Å². The molecule has 0 fully saturated rings. The normalized spacial score (nSPS) is 15.5. The van der Waals surface area contributed by atoms with Gasteiger partial charge in [0.25, 0.3) is 0 Å². The maximum Gasteiger partial charge on any atom is 0.363 e. The van der Waals surface area contributed by atoms with Crippen molar-refractivity contribution in [3.63, 3.8) is 0 Å². The van der Waals surface area contributed by atoms with Gasteiger partial charge in [-0.15, -0.1) is 11.3 Å². The average molecular weight is 394 g/mol. The Balaban J connectivity index is 1.96. The second kappa shape index (κ2) is 6.55. The highest BCUT2D eigenvalue weighted by Gasteiger charge is 2.25. The number of rotatable bonds is 4. The molecule has 23 heavy (non-hydrogen) atoms. The summed E-state index contributed by atoms with van der Waals surface area (Å²) in [4.78, 5) is 17.2. The molecule has 5 nitrogen and oxygen atoms in total. The van der Waals surface area contributed by atoms with Crippen LogP contribution in [-0.4, -0.2) is 26.1 Å². The molecule has 0 atom stereocenters. The number of thiophene rings is 1. The lowest BCUT2D eigenvalue weighted by molar-refractivity contribution is -0.129. The zero-order valence-corrected chi connectivity index (χ0v) is 14.7. The number of esters is 1. The molecule has 0 unspecified atom stereocenters. The number of ether oxygens (including phenoxy) is 3. The molecule has 3 rings (SSSR count). The molecule has 0 aliphatic carbocycles. The molecule has 1 aliphatic rings. The number of nitrogens with zero attached hydrogens (tertiary/aromatic N) is 1. The summed E-state index contributed by atoms with van der Waals surface area (Å²) >= 11 is 4.90. The second-order valence-electron chi connectivity index (χ2n) is 4.58. The van der Waals surface area contributed by atoms with E-state index in [1.807, 2.05) is 12.1 Å². The summed E-state index contributed by atoms with van der Waals surface area (Å²) in [5.41, 5.74) is 0.876. The van der Waals surface area contributed by atoms with Crippen LogP contribution in [0.25, 0.3) is 6.08 Å². The van der Waals surface area contributed by atoms with Crippen LogP contribution < -0.4 is 9.47 Å². The topological polar surface area (TPSA) is 57.1 Å². The maximum atomic E-state index is 12.0. The van der Waals surface area contributed by atoms with E-state index >= 15 is 0 Å². The van der Waals surface area contributed by atoms with Crippen molar-refractivity contribution in [3.05, 3.63) is 50.3 Å². The summed E-state index contributed by atoms with van der Waals surface area (Å²) in [6, 6.07) is 9.02. The SMILES string of the molecule is COc1cc(OC)cc(C2=N/C(=C\c3ccc(Br)s3)C(=O)O2)c1. The van der Waals surface area contributed by atoms with E-state index in [1.54, 1.807) is 38.5 Å². The fourth-order valence-electron chi connectivity index (χ4n) is 2.00. The molecular weight excluding hydrogens is 382 g/mol. The lowest BCUT2D eigenvalue weighted by Gasteiger charge is -2.07. The highest BCUT2D eigenvalue weighted by atomic mass is 79.9. The Morgan fingerprint density at radius 1 is 1.17 bits per heavy atom. The summed E-state index contributed by atoms with van der Waals surface area (Å²) in [7, 11) is 3.11. The first kappa shape index (κ1) is 15.8. The second-order valence-corrected chi connectivity index (χ2v) is 7.07. The quantitative estimate of drug-likeness (QED) is 0.584. The largest absolute Gasteiger partial charge is 0.497 e. The van der Waals surface area contributed by atoms with E-state index < -0.39 is 5.97 Å². The fraction of sp³-hybridized carbons (Fsp3) is 0.125. The number of carbonyl (C=O) groups excluding carboxylic acids is 1. The van der Waals surface area contributed by atoms with Gasteiger partial charge in [-0.25, -0.2) is 9.79 Å². The van der Waals surface area contributed by atoms with Crippen molar-refractivity contribution in [2.45, 2.75) is 0 Å². The summed E-state index contributed by atoms with van der Waals surface area (Å²) in [6.07, 6.45) is 1.70. The zero-order chi connectivity index (χ0) is 16.4. The summed E-state index contributed by atoms with van der Waals surface area (Å²) < 4.78 is 16.7. The first-order chi connectivity index (χ1) is 11.1. The molecule has 0 spiro atoms. The van der Waals surface area contributed by atoms with Crippen LogP contribution in [0.15, 0.2) is 44.8 Å². The van der Waals surface area contributed by atoms with Crippen molar-refractivity contribution in [1.82, 2.24) is 0 Å². The smallest absolute Gasteiger partial charge is 0.363 e. The molecule has 0 radical (unpaired) electrons. The van der Waals surface area contributed by atoms with Gasteiger partial charge in [0.2, 0.25) is 5.90 Å². The molecule has 118 valence electrons. The lowest BCUT2D eigenvalue weighted by atomic mass is 10.2. The Morgan fingerprint density at radius 3 is 2.43 bits per heavy atom. The van der Waals surface area contributed by atoms with Gasteiger partial charge in [-0.3, -0.25) is 0 Å². The van der Waals surface area contributed by atoms with Gasteiger partial charge in [0.15, 0.2) is 5.70 Å². The lowest BCUT2D eigenvalue weighted by Crippen LogP contribution is -2.06. The molecule has 7 heteroatoms. The Labute approximate surface area is 145 Å². The third-order valence-corrected chi connectivity index (χ3v) is 4.66. The summed E-state index contributed by atoms with van der Waals surface area (Å²) in [5.74, 6) is 0.941. The minimum Gasteiger partial charge on any atom is -0.497 e. The van der Waals surface area contributed by atoms with Gasteiger partial charge < -0.3 is 14.2 Å². The van der Waals surface area contributed by atoms with Crippen molar-refractivity contribution in [1.29, 1.82) is 0 Å². The Hall–Kier alpha value is -2.12. The minimum absolute atomic E-state index is 0.231. The number of carbonyl (C=O) groups is 1. The molecule has 0 bridgehead atoms. The van der Waals surface area contributed by atoms with Gasteiger partial charge in [-0.05, 0) is 46.3 Å². The van der Waals surface area contributed by atoms with Crippen LogP contribution in [0.2, 0.25) is 0 Å². The maximum absolute atomic E-state index is 12.0. The van der Waals surface area contributed by atoms with E-state index in [0.29, 0.717) is 17.1 Å². The monoisotopic (exact) mass is 393 g/mol. The van der Waals surface area contributed by atoms with Crippen LogP contribution in [0.5, 0.6) is 11.5 Å². The number of hydrogen-bond donors (Lipinski definition) is 0. The van der Waals surface area contributed by atoms with Gasteiger partial charge in [-0.1, -0.05) is 0 Å². The first-order valence-electron chi connectivity index (χ1n) is 6.60. The third kappa shape index (κ3) is 3.46. The summed E-state index contributed by atoms with van der Waals surface area (Å²) in [5, 5.41) is 0. The molecule has 0 N–H and O–H groups in total. The van der Waals surface area contributed by atoms with Crippen LogP contribution in [-0.2, 0) is 9.53 Å². The third-order valence-electron chi connectivity index (χ3n) is 3.09. The van der Waals surface area contributed by atoms with E-state index in [1.165, 1.54) is 11.3 Å². The molecule has 1 aromatic carbocycles. The summed E-state index contributed by atoms with van der Waals surface area (Å²) in [6.45, 7) is 0. The number of aliphatic imine (C=N–C) groups is 1. The highest BCUT2D eigenvalue weighted by Crippen LogP contribution is 2.28. The number of benzene rings is 1. The van der Waals surface area contributed by atoms with E-state index in [2.05, 4.69) is 20.9 Å².